The molecule has 0 amide bonds. The van der Waals surface area contributed by atoms with Crippen molar-refractivity contribution in [1.82, 2.24) is 9.55 Å². The number of nitrogens with zero attached hydrogens (tertiary/aromatic N) is 2. The van der Waals surface area contributed by atoms with E-state index in [1.54, 1.807) is 0 Å². The van der Waals surface area contributed by atoms with Gasteiger partial charge in [0.2, 0.25) is 5.95 Å². The van der Waals surface area contributed by atoms with E-state index in [-0.39, 0.29) is 6.61 Å². The van der Waals surface area contributed by atoms with Crippen LogP contribution in [0, 0.1) is 0 Å². The van der Waals surface area contributed by atoms with Gasteiger partial charge in [0.05, 0.1) is 23.7 Å². The van der Waals surface area contributed by atoms with Crippen molar-refractivity contribution in [3.63, 3.8) is 0 Å². The van der Waals surface area contributed by atoms with E-state index in [2.05, 4.69) is 14.9 Å². The van der Waals surface area contributed by atoms with Crippen LogP contribution in [0.15, 0.2) is 54.6 Å². The number of hydrogen-bond donors (Lipinski definition) is 3. The van der Waals surface area contributed by atoms with Crippen molar-refractivity contribution >= 4 is 17.0 Å². The highest BCUT2D eigenvalue weighted by molar-refractivity contribution is 5.78. The molecule has 0 aliphatic heterocycles. The molecule has 1 aromatic heterocycles. The van der Waals surface area contributed by atoms with E-state index < -0.39 is 6.10 Å². The summed E-state index contributed by atoms with van der Waals surface area (Å²) in [5, 5.41) is 22.5. The van der Waals surface area contributed by atoms with Gasteiger partial charge in [0, 0.05) is 13.1 Å². The van der Waals surface area contributed by atoms with E-state index in [9.17, 15) is 5.11 Å². The van der Waals surface area contributed by atoms with Crippen LogP contribution in [0.25, 0.3) is 11.0 Å². The molecule has 3 aromatic rings. The summed E-state index contributed by atoms with van der Waals surface area (Å²) in [6.45, 7) is 1.14. The number of benzene rings is 2. The van der Waals surface area contributed by atoms with Gasteiger partial charge in [-0.05, 0) is 24.1 Å². The number of imidazole rings is 1. The molecule has 23 heavy (non-hydrogen) atoms. The molecule has 2 aromatic carbocycles. The summed E-state index contributed by atoms with van der Waals surface area (Å²) < 4.78 is 2.05. The first-order valence-electron chi connectivity index (χ1n) is 7.82. The molecule has 0 radical (unpaired) electrons. The molecule has 0 spiro atoms. The lowest BCUT2D eigenvalue weighted by Crippen LogP contribution is -2.12. The molecule has 5 heteroatoms. The summed E-state index contributed by atoms with van der Waals surface area (Å²) in [6.07, 6.45) is 0.0843. The second-order valence-corrected chi connectivity index (χ2v) is 5.44. The zero-order valence-corrected chi connectivity index (χ0v) is 12.9. The maximum absolute atomic E-state index is 10.4. The first-order chi connectivity index (χ1) is 11.3. The molecule has 3 rings (SSSR count). The van der Waals surface area contributed by atoms with Crippen LogP contribution in [0.3, 0.4) is 0 Å². The average molecular weight is 311 g/mol. The molecule has 0 saturated heterocycles. The monoisotopic (exact) mass is 311 g/mol. The van der Waals surface area contributed by atoms with Crippen LogP contribution in [-0.4, -0.2) is 32.9 Å². The minimum absolute atomic E-state index is 0.0514. The number of para-hydroxylation sites is 2. The zero-order chi connectivity index (χ0) is 16.1. The Hall–Kier alpha value is -2.37. The molecule has 1 heterocycles. The summed E-state index contributed by atoms with van der Waals surface area (Å²) in [4.78, 5) is 4.56. The van der Waals surface area contributed by atoms with Gasteiger partial charge in [-0.15, -0.1) is 0 Å². The van der Waals surface area contributed by atoms with Crippen molar-refractivity contribution in [3.8, 4) is 0 Å². The van der Waals surface area contributed by atoms with Crippen LogP contribution in [0.2, 0.25) is 0 Å². The highest BCUT2D eigenvalue weighted by Gasteiger charge is 2.13. The quantitative estimate of drug-likeness (QED) is 0.627. The lowest BCUT2D eigenvalue weighted by atomic mass is 10.1. The van der Waals surface area contributed by atoms with Gasteiger partial charge in [0.1, 0.15) is 0 Å². The van der Waals surface area contributed by atoms with Gasteiger partial charge < -0.3 is 20.1 Å². The third-order valence-electron chi connectivity index (χ3n) is 3.86. The lowest BCUT2D eigenvalue weighted by molar-refractivity contribution is 0.162. The predicted molar refractivity (Wildman–Crippen MR) is 91.3 cm³/mol. The largest absolute Gasteiger partial charge is 0.395 e. The second-order valence-electron chi connectivity index (χ2n) is 5.44. The Morgan fingerprint density at radius 2 is 1.78 bits per heavy atom. The van der Waals surface area contributed by atoms with Crippen molar-refractivity contribution in [2.24, 2.45) is 0 Å². The Morgan fingerprint density at radius 1 is 1.04 bits per heavy atom. The first kappa shape index (κ1) is 15.5. The van der Waals surface area contributed by atoms with Crippen LogP contribution in [0.5, 0.6) is 0 Å². The minimum atomic E-state index is -0.511. The second kappa shape index (κ2) is 7.26. The number of fused-ring (bicyclic) bond motifs is 1. The lowest BCUT2D eigenvalue weighted by Gasteiger charge is -2.14. The topological polar surface area (TPSA) is 70.3 Å². The predicted octanol–water partition coefficient (Wildman–Crippen LogP) is 2.56. The summed E-state index contributed by atoms with van der Waals surface area (Å²) in [6, 6.07) is 17.6. The molecular weight excluding hydrogens is 290 g/mol. The Kier molecular flexibility index (Phi) is 4.90. The first-order valence-corrected chi connectivity index (χ1v) is 7.82. The molecule has 0 aliphatic carbocycles. The van der Waals surface area contributed by atoms with E-state index in [0.717, 1.165) is 22.5 Å². The fourth-order valence-corrected chi connectivity index (χ4v) is 2.70. The average Bonchev–Trinajstić information content (AvgIpc) is 2.96. The Balaban J connectivity index is 1.80. The molecule has 0 saturated carbocycles. The van der Waals surface area contributed by atoms with E-state index in [4.69, 9.17) is 5.11 Å². The van der Waals surface area contributed by atoms with Crippen LogP contribution in [-0.2, 0) is 6.54 Å². The van der Waals surface area contributed by atoms with Gasteiger partial charge >= 0.3 is 0 Å². The minimum Gasteiger partial charge on any atom is -0.395 e. The van der Waals surface area contributed by atoms with E-state index >= 15 is 0 Å². The Labute approximate surface area is 135 Å². The van der Waals surface area contributed by atoms with Crippen molar-refractivity contribution in [1.29, 1.82) is 0 Å². The van der Waals surface area contributed by atoms with E-state index in [1.165, 1.54) is 0 Å². The number of aliphatic hydroxyl groups is 2. The standard InChI is InChI=1S/C18H21N3O2/c22-13-11-19-18-20-15-8-4-5-9-16(15)21(18)12-10-17(23)14-6-2-1-3-7-14/h1-9,17,22-23H,10-13H2,(H,19,20)/t17-/m0/s1. The molecule has 0 fully saturated rings. The molecule has 3 N–H and O–H groups in total. The molecule has 1 atom stereocenters. The molecule has 0 aliphatic rings. The smallest absolute Gasteiger partial charge is 0.203 e. The molecule has 120 valence electrons. The maximum atomic E-state index is 10.4. The fraction of sp³-hybridized carbons (Fsp3) is 0.278. The number of rotatable bonds is 7. The van der Waals surface area contributed by atoms with Gasteiger partial charge in [0.15, 0.2) is 0 Å². The third kappa shape index (κ3) is 3.52. The van der Waals surface area contributed by atoms with Crippen LogP contribution >= 0.6 is 0 Å². The van der Waals surface area contributed by atoms with Crippen molar-refractivity contribution in [2.75, 3.05) is 18.5 Å². The summed E-state index contributed by atoms with van der Waals surface area (Å²) in [7, 11) is 0. The molecule has 5 nitrogen and oxygen atoms in total. The molecular formula is C18H21N3O2. The zero-order valence-electron chi connectivity index (χ0n) is 12.9. The van der Waals surface area contributed by atoms with Crippen molar-refractivity contribution in [2.45, 2.75) is 19.1 Å². The summed E-state index contributed by atoms with van der Waals surface area (Å²) in [5.74, 6) is 0.723. The van der Waals surface area contributed by atoms with Crippen LogP contribution in [0.1, 0.15) is 18.1 Å². The fourth-order valence-electron chi connectivity index (χ4n) is 2.70. The number of aryl methyl sites for hydroxylation is 1. The van der Waals surface area contributed by atoms with Gasteiger partial charge in [-0.3, -0.25) is 0 Å². The third-order valence-corrected chi connectivity index (χ3v) is 3.86. The van der Waals surface area contributed by atoms with Crippen LogP contribution < -0.4 is 5.32 Å². The van der Waals surface area contributed by atoms with E-state index in [0.29, 0.717) is 19.5 Å². The van der Waals surface area contributed by atoms with Gasteiger partial charge in [-0.25, -0.2) is 4.98 Å². The molecule has 0 unspecified atom stereocenters. The Morgan fingerprint density at radius 3 is 2.57 bits per heavy atom. The van der Waals surface area contributed by atoms with Crippen molar-refractivity contribution < 1.29 is 10.2 Å². The summed E-state index contributed by atoms with van der Waals surface area (Å²) >= 11 is 0. The van der Waals surface area contributed by atoms with Gasteiger partial charge in [-0.1, -0.05) is 42.5 Å². The van der Waals surface area contributed by atoms with E-state index in [1.807, 2.05) is 54.6 Å². The SMILES string of the molecule is OCCNc1nc2ccccc2n1CC[C@H](O)c1ccccc1. The Bertz CT molecular complexity index is 755. The summed E-state index contributed by atoms with van der Waals surface area (Å²) in [5.41, 5.74) is 2.84. The maximum Gasteiger partial charge on any atom is 0.203 e. The molecule has 0 bridgehead atoms. The highest BCUT2D eigenvalue weighted by Crippen LogP contribution is 2.23. The number of nitrogens with one attached hydrogen (secondary N) is 1. The number of anilines is 1. The van der Waals surface area contributed by atoms with Crippen molar-refractivity contribution in [3.05, 3.63) is 60.2 Å². The van der Waals surface area contributed by atoms with Gasteiger partial charge in [0.25, 0.3) is 0 Å². The van der Waals surface area contributed by atoms with Crippen LogP contribution in [0.4, 0.5) is 5.95 Å². The number of aliphatic hydroxyl groups excluding tert-OH is 2. The highest BCUT2D eigenvalue weighted by atomic mass is 16.3. The van der Waals surface area contributed by atoms with Gasteiger partial charge in [-0.2, -0.15) is 0 Å². The normalized spacial score (nSPS) is 12.4. The number of hydrogen-bond acceptors (Lipinski definition) is 4. The number of aromatic nitrogens is 2.